The van der Waals surface area contributed by atoms with Crippen LogP contribution in [0.2, 0.25) is 0 Å². The van der Waals surface area contributed by atoms with Crippen molar-refractivity contribution in [2.45, 2.75) is 69.8 Å². The summed E-state index contributed by atoms with van der Waals surface area (Å²) in [6, 6.07) is 14.9. The minimum absolute atomic E-state index is 0.0775. The van der Waals surface area contributed by atoms with Gasteiger partial charge in [-0.3, -0.25) is 9.36 Å². The van der Waals surface area contributed by atoms with E-state index in [0.717, 1.165) is 29.1 Å². The van der Waals surface area contributed by atoms with Crippen LogP contribution in [0.1, 0.15) is 57.0 Å². The molecule has 6 rings (SSSR count). The molecule has 2 fully saturated rings. The average Bonchev–Trinajstić information content (AvgIpc) is 3.68. The maximum Gasteiger partial charge on any atom is 0.237 e. The highest BCUT2D eigenvalue weighted by molar-refractivity contribution is 7.99. The summed E-state index contributed by atoms with van der Waals surface area (Å²) in [4.78, 5) is 15.3. The molecule has 3 aliphatic rings. The molecule has 8 heteroatoms. The highest BCUT2D eigenvalue weighted by Gasteiger charge is 2.43. The Hall–Kier alpha value is -2.87. The van der Waals surface area contributed by atoms with Crippen molar-refractivity contribution >= 4 is 23.4 Å². The van der Waals surface area contributed by atoms with E-state index in [1.807, 2.05) is 23.1 Å². The van der Waals surface area contributed by atoms with Gasteiger partial charge in [-0.2, -0.15) is 0 Å². The van der Waals surface area contributed by atoms with E-state index in [4.69, 9.17) is 4.74 Å². The molecule has 1 aromatic heterocycles. The minimum Gasteiger partial charge on any atom is -0.483 e. The molecule has 0 saturated heterocycles. The van der Waals surface area contributed by atoms with Gasteiger partial charge in [-0.1, -0.05) is 48.5 Å². The second-order valence-corrected chi connectivity index (χ2v) is 11.7. The highest BCUT2D eigenvalue weighted by Crippen LogP contribution is 2.52. The number of hydrogen-bond donors (Lipinski definition) is 0. The monoisotopic (exact) mass is 520 g/mol. The number of rotatable bonds is 8. The SMILES string of the molecule is CC1Cc2ccccc2N1C(=O)CSc1nnc(COc2ccccc2F)n1C(C)C1CC2CCC1C2. The number of nitrogens with zero attached hydrogens (tertiary/aromatic N) is 4. The van der Waals surface area contributed by atoms with Crippen LogP contribution in [0, 0.1) is 23.6 Å². The zero-order valence-corrected chi connectivity index (χ0v) is 22.2. The van der Waals surface area contributed by atoms with Crippen LogP contribution in [0.5, 0.6) is 5.75 Å². The van der Waals surface area contributed by atoms with E-state index in [-0.39, 0.29) is 36.1 Å². The van der Waals surface area contributed by atoms with E-state index in [1.165, 1.54) is 49.1 Å². The normalized spacial score (nSPS) is 24.9. The molecule has 6 nitrogen and oxygen atoms in total. The van der Waals surface area contributed by atoms with E-state index in [2.05, 4.69) is 34.7 Å². The number of benzene rings is 2. The van der Waals surface area contributed by atoms with Crippen molar-refractivity contribution in [1.29, 1.82) is 0 Å². The number of para-hydroxylation sites is 2. The summed E-state index contributed by atoms with van der Waals surface area (Å²) < 4.78 is 22.2. The standard InChI is InChI=1S/C29H33FN4O2S/c1-18-13-22-7-3-5-9-25(22)33(18)28(35)17-37-29-32-31-27(16-36-26-10-6-4-8-24(26)30)34(29)19(2)23-15-20-11-12-21(23)14-20/h3-10,18-21,23H,11-17H2,1-2H3. The van der Waals surface area contributed by atoms with Gasteiger partial charge in [0.1, 0.15) is 6.61 Å². The summed E-state index contributed by atoms with van der Waals surface area (Å²) in [7, 11) is 0. The number of hydrogen-bond acceptors (Lipinski definition) is 5. The zero-order chi connectivity index (χ0) is 25.5. The van der Waals surface area contributed by atoms with Gasteiger partial charge in [0.05, 0.1) is 5.75 Å². The number of fused-ring (bicyclic) bond motifs is 3. The molecule has 194 valence electrons. The summed E-state index contributed by atoms with van der Waals surface area (Å²) in [5.74, 6) is 2.95. The van der Waals surface area contributed by atoms with Gasteiger partial charge in [0.25, 0.3) is 0 Å². The summed E-state index contributed by atoms with van der Waals surface area (Å²) in [6.07, 6.45) is 6.04. The maximum atomic E-state index is 14.2. The van der Waals surface area contributed by atoms with Crippen molar-refractivity contribution in [3.63, 3.8) is 0 Å². The molecule has 5 atom stereocenters. The number of thioether (sulfide) groups is 1. The van der Waals surface area contributed by atoms with Gasteiger partial charge in [0.2, 0.25) is 5.91 Å². The lowest BCUT2D eigenvalue weighted by Crippen LogP contribution is -2.37. The second kappa shape index (κ2) is 10.1. The Balaban J connectivity index is 1.22. The number of amides is 1. The fourth-order valence-electron chi connectivity index (χ4n) is 6.84. The van der Waals surface area contributed by atoms with E-state index >= 15 is 0 Å². The van der Waals surface area contributed by atoms with E-state index in [9.17, 15) is 9.18 Å². The van der Waals surface area contributed by atoms with Crippen molar-refractivity contribution in [1.82, 2.24) is 14.8 Å². The number of anilines is 1. The maximum absolute atomic E-state index is 14.2. The van der Waals surface area contributed by atoms with Crippen LogP contribution in [0.3, 0.4) is 0 Å². The number of carbonyl (C=O) groups is 1. The Morgan fingerprint density at radius 2 is 1.95 bits per heavy atom. The average molecular weight is 521 g/mol. The topological polar surface area (TPSA) is 60.3 Å². The third-order valence-electron chi connectivity index (χ3n) is 8.55. The van der Waals surface area contributed by atoms with Crippen molar-refractivity contribution in [2.75, 3.05) is 10.7 Å². The summed E-state index contributed by atoms with van der Waals surface area (Å²) in [6.45, 7) is 4.47. The predicted octanol–water partition coefficient (Wildman–Crippen LogP) is 6.06. The van der Waals surface area contributed by atoms with Crippen molar-refractivity contribution in [3.8, 4) is 5.75 Å². The second-order valence-electron chi connectivity index (χ2n) is 10.8. The molecule has 2 aliphatic carbocycles. The first-order chi connectivity index (χ1) is 18.0. The van der Waals surface area contributed by atoms with Crippen molar-refractivity contribution < 1.29 is 13.9 Å². The molecule has 2 aromatic carbocycles. The number of aromatic nitrogens is 3. The largest absolute Gasteiger partial charge is 0.483 e. The van der Waals surface area contributed by atoms with Gasteiger partial charge in [-0.15, -0.1) is 10.2 Å². The van der Waals surface area contributed by atoms with E-state index in [0.29, 0.717) is 11.7 Å². The van der Waals surface area contributed by atoms with Gasteiger partial charge in [0, 0.05) is 17.8 Å². The molecule has 37 heavy (non-hydrogen) atoms. The smallest absolute Gasteiger partial charge is 0.237 e. The molecule has 3 aromatic rings. The molecular formula is C29H33FN4O2S. The lowest BCUT2D eigenvalue weighted by atomic mass is 9.84. The Kier molecular flexibility index (Phi) is 6.69. The molecule has 0 radical (unpaired) electrons. The van der Waals surface area contributed by atoms with Crippen molar-refractivity contribution in [3.05, 3.63) is 65.7 Å². The van der Waals surface area contributed by atoms with Gasteiger partial charge in [0.15, 0.2) is 22.5 Å². The first-order valence-corrected chi connectivity index (χ1v) is 14.3. The van der Waals surface area contributed by atoms with Gasteiger partial charge < -0.3 is 9.64 Å². The van der Waals surface area contributed by atoms with E-state index < -0.39 is 5.82 Å². The fourth-order valence-corrected chi connectivity index (χ4v) is 7.74. The Bertz CT molecular complexity index is 1300. The van der Waals surface area contributed by atoms with Crippen LogP contribution in [-0.4, -0.2) is 32.5 Å². The molecule has 2 saturated carbocycles. The van der Waals surface area contributed by atoms with Crippen LogP contribution in [-0.2, 0) is 17.8 Å². The fraction of sp³-hybridized carbons (Fsp3) is 0.483. The first-order valence-electron chi connectivity index (χ1n) is 13.3. The molecule has 0 N–H and O–H groups in total. The Labute approximate surface area is 221 Å². The third kappa shape index (κ3) is 4.65. The van der Waals surface area contributed by atoms with Crippen LogP contribution in [0.25, 0.3) is 0 Å². The van der Waals surface area contributed by atoms with Crippen molar-refractivity contribution in [2.24, 2.45) is 17.8 Å². The van der Waals surface area contributed by atoms with Gasteiger partial charge in [-0.05, 0) is 81.0 Å². The third-order valence-corrected chi connectivity index (χ3v) is 9.48. The minimum atomic E-state index is -0.394. The summed E-state index contributed by atoms with van der Waals surface area (Å²) in [5.41, 5.74) is 2.23. The Morgan fingerprint density at radius 3 is 2.73 bits per heavy atom. The molecular weight excluding hydrogens is 487 g/mol. The molecule has 2 heterocycles. The lowest BCUT2D eigenvalue weighted by molar-refractivity contribution is -0.116. The van der Waals surface area contributed by atoms with Gasteiger partial charge in [-0.25, -0.2) is 4.39 Å². The summed E-state index contributed by atoms with van der Waals surface area (Å²) >= 11 is 1.44. The quantitative estimate of drug-likeness (QED) is 0.338. The molecule has 1 aliphatic heterocycles. The first kappa shape index (κ1) is 24.5. The van der Waals surface area contributed by atoms with Crippen LogP contribution in [0.15, 0.2) is 53.7 Å². The molecule has 5 unspecified atom stereocenters. The highest BCUT2D eigenvalue weighted by atomic mass is 32.2. The van der Waals surface area contributed by atoms with Crippen LogP contribution in [0.4, 0.5) is 10.1 Å². The molecule has 0 spiro atoms. The van der Waals surface area contributed by atoms with E-state index in [1.54, 1.807) is 18.2 Å². The molecule has 1 amide bonds. The zero-order valence-electron chi connectivity index (χ0n) is 21.3. The lowest BCUT2D eigenvalue weighted by Gasteiger charge is -2.30. The summed E-state index contributed by atoms with van der Waals surface area (Å²) in [5, 5.41) is 9.69. The number of halogens is 1. The van der Waals surface area contributed by atoms with Gasteiger partial charge >= 0.3 is 0 Å². The number of carbonyl (C=O) groups excluding carboxylic acids is 1. The van der Waals surface area contributed by atoms with Crippen LogP contribution < -0.4 is 9.64 Å². The Morgan fingerprint density at radius 1 is 1.14 bits per heavy atom. The van der Waals surface area contributed by atoms with Crippen LogP contribution >= 0.6 is 11.8 Å². The number of ether oxygens (including phenoxy) is 1. The predicted molar refractivity (Wildman–Crippen MR) is 142 cm³/mol. The molecule has 2 bridgehead atoms.